The van der Waals surface area contributed by atoms with E-state index in [0.717, 1.165) is 35.4 Å². The Morgan fingerprint density at radius 1 is 1.10 bits per heavy atom. The summed E-state index contributed by atoms with van der Waals surface area (Å²) in [6.45, 7) is 3.06. The van der Waals surface area contributed by atoms with Gasteiger partial charge in [-0.05, 0) is 31.5 Å². The minimum atomic E-state index is 0.194. The van der Waals surface area contributed by atoms with Gasteiger partial charge in [0.1, 0.15) is 5.82 Å². The Morgan fingerprint density at radius 3 is 2.75 bits per heavy atom. The van der Waals surface area contributed by atoms with Crippen molar-refractivity contribution in [3.63, 3.8) is 0 Å². The average Bonchev–Trinajstić information content (AvgIpc) is 2.84. The SMILES string of the molecule is Cc1cccc(-c2nc3ccccc3n2CCCO)c1. The zero-order chi connectivity index (χ0) is 13.9. The van der Waals surface area contributed by atoms with Gasteiger partial charge in [-0.2, -0.15) is 0 Å². The number of hydrogen-bond acceptors (Lipinski definition) is 2. The third-order valence-electron chi connectivity index (χ3n) is 3.47. The molecular formula is C17H18N2O. The molecular weight excluding hydrogens is 248 g/mol. The van der Waals surface area contributed by atoms with Crippen molar-refractivity contribution >= 4 is 11.0 Å². The van der Waals surface area contributed by atoms with E-state index in [0.29, 0.717) is 0 Å². The van der Waals surface area contributed by atoms with Crippen molar-refractivity contribution in [1.82, 2.24) is 9.55 Å². The molecule has 3 nitrogen and oxygen atoms in total. The summed E-state index contributed by atoms with van der Waals surface area (Å²) in [7, 11) is 0. The van der Waals surface area contributed by atoms with Gasteiger partial charge in [0.15, 0.2) is 0 Å². The summed E-state index contributed by atoms with van der Waals surface area (Å²) in [4.78, 5) is 4.76. The number of imidazole rings is 1. The standard InChI is InChI=1S/C17H18N2O/c1-13-6-4-7-14(12-13)17-18-15-8-2-3-9-16(15)19(17)10-5-11-20/h2-4,6-9,12,20H,5,10-11H2,1H3. The number of aromatic nitrogens is 2. The molecule has 0 fully saturated rings. The van der Waals surface area contributed by atoms with Crippen molar-refractivity contribution in [2.45, 2.75) is 19.9 Å². The number of aliphatic hydroxyl groups is 1. The van der Waals surface area contributed by atoms with Crippen LogP contribution in [0.5, 0.6) is 0 Å². The second-order valence-corrected chi connectivity index (χ2v) is 5.02. The molecule has 0 aliphatic carbocycles. The molecule has 1 heterocycles. The maximum atomic E-state index is 9.11. The van der Waals surface area contributed by atoms with Crippen LogP contribution in [-0.4, -0.2) is 21.3 Å². The molecule has 102 valence electrons. The molecule has 3 aromatic rings. The predicted molar refractivity (Wildman–Crippen MR) is 81.6 cm³/mol. The molecule has 0 atom stereocenters. The highest BCUT2D eigenvalue weighted by atomic mass is 16.3. The second-order valence-electron chi connectivity index (χ2n) is 5.02. The van der Waals surface area contributed by atoms with E-state index in [1.54, 1.807) is 0 Å². The van der Waals surface area contributed by atoms with E-state index in [1.807, 2.05) is 18.2 Å². The quantitative estimate of drug-likeness (QED) is 0.786. The lowest BCUT2D eigenvalue weighted by Gasteiger charge is -2.09. The van der Waals surface area contributed by atoms with Gasteiger partial charge in [-0.15, -0.1) is 0 Å². The third kappa shape index (κ3) is 2.32. The molecule has 3 rings (SSSR count). The normalized spacial score (nSPS) is 11.1. The van der Waals surface area contributed by atoms with Gasteiger partial charge in [-0.1, -0.05) is 35.9 Å². The molecule has 3 heteroatoms. The van der Waals surface area contributed by atoms with Crippen LogP contribution in [0.1, 0.15) is 12.0 Å². The average molecular weight is 266 g/mol. The molecule has 0 spiro atoms. The van der Waals surface area contributed by atoms with Crippen LogP contribution in [0.2, 0.25) is 0 Å². The van der Waals surface area contributed by atoms with Gasteiger partial charge in [-0.3, -0.25) is 0 Å². The largest absolute Gasteiger partial charge is 0.396 e. The summed E-state index contributed by atoms with van der Waals surface area (Å²) in [5.41, 5.74) is 4.47. The molecule has 20 heavy (non-hydrogen) atoms. The fourth-order valence-electron chi connectivity index (χ4n) is 2.54. The fourth-order valence-corrected chi connectivity index (χ4v) is 2.54. The smallest absolute Gasteiger partial charge is 0.141 e. The van der Waals surface area contributed by atoms with E-state index in [4.69, 9.17) is 10.1 Å². The Bertz CT molecular complexity index is 731. The van der Waals surface area contributed by atoms with E-state index in [2.05, 4.69) is 41.8 Å². The van der Waals surface area contributed by atoms with Crippen molar-refractivity contribution in [1.29, 1.82) is 0 Å². The highest BCUT2D eigenvalue weighted by Crippen LogP contribution is 2.25. The monoisotopic (exact) mass is 266 g/mol. The highest BCUT2D eigenvalue weighted by molar-refractivity contribution is 5.80. The third-order valence-corrected chi connectivity index (χ3v) is 3.47. The molecule has 2 aromatic carbocycles. The van der Waals surface area contributed by atoms with Crippen LogP contribution in [0.4, 0.5) is 0 Å². The van der Waals surface area contributed by atoms with E-state index in [9.17, 15) is 0 Å². The zero-order valence-corrected chi connectivity index (χ0v) is 11.6. The summed E-state index contributed by atoms with van der Waals surface area (Å²) < 4.78 is 2.19. The summed E-state index contributed by atoms with van der Waals surface area (Å²) in [5.74, 6) is 0.975. The molecule has 0 amide bonds. The van der Waals surface area contributed by atoms with E-state index >= 15 is 0 Å². The van der Waals surface area contributed by atoms with Crippen molar-refractivity contribution in [3.8, 4) is 11.4 Å². The minimum Gasteiger partial charge on any atom is -0.396 e. The van der Waals surface area contributed by atoms with E-state index < -0.39 is 0 Å². The Labute approximate surface area is 118 Å². The van der Waals surface area contributed by atoms with Crippen LogP contribution in [0, 0.1) is 6.92 Å². The number of hydrogen-bond donors (Lipinski definition) is 1. The van der Waals surface area contributed by atoms with Crippen molar-refractivity contribution < 1.29 is 5.11 Å². The van der Waals surface area contributed by atoms with E-state index in [1.165, 1.54) is 5.56 Å². The maximum absolute atomic E-state index is 9.11. The number of benzene rings is 2. The van der Waals surface area contributed by atoms with Gasteiger partial charge < -0.3 is 9.67 Å². The summed E-state index contributed by atoms with van der Waals surface area (Å²) >= 11 is 0. The molecule has 0 aliphatic rings. The van der Waals surface area contributed by atoms with Crippen LogP contribution in [0.25, 0.3) is 22.4 Å². The van der Waals surface area contributed by atoms with Crippen LogP contribution in [0.15, 0.2) is 48.5 Å². The molecule has 0 unspecified atom stereocenters. The number of fused-ring (bicyclic) bond motifs is 1. The van der Waals surface area contributed by atoms with Crippen molar-refractivity contribution in [3.05, 3.63) is 54.1 Å². The number of nitrogens with zero attached hydrogens (tertiary/aromatic N) is 2. The van der Waals surface area contributed by atoms with Gasteiger partial charge >= 0.3 is 0 Å². The number of aliphatic hydroxyl groups excluding tert-OH is 1. The minimum absolute atomic E-state index is 0.194. The van der Waals surface area contributed by atoms with Crippen LogP contribution in [0.3, 0.4) is 0 Å². The number of para-hydroxylation sites is 2. The van der Waals surface area contributed by atoms with E-state index in [-0.39, 0.29) is 6.61 Å². The first-order valence-electron chi connectivity index (χ1n) is 6.93. The molecule has 1 N–H and O–H groups in total. The molecule has 0 aliphatic heterocycles. The summed E-state index contributed by atoms with van der Waals surface area (Å²) in [6, 6.07) is 16.5. The van der Waals surface area contributed by atoms with Gasteiger partial charge in [0.2, 0.25) is 0 Å². The van der Waals surface area contributed by atoms with Crippen LogP contribution in [-0.2, 0) is 6.54 Å². The molecule has 0 radical (unpaired) electrons. The fraction of sp³-hybridized carbons (Fsp3) is 0.235. The van der Waals surface area contributed by atoms with Gasteiger partial charge in [0.05, 0.1) is 11.0 Å². The summed E-state index contributed by atoms with van der Waals surface area (Å²) in [5, 5.41) is 9.11. The van der Waals surface area contributed by atoms with Gasteiger partial charge in [0, 0.05) is 18.7 Å². The lowest BCUT2D eigenvalue weighted by atomic mass is 10.1. The number of aryl methyl sites for hydroxylation is 2. The Kier molecular flexibility index (Phi) is 3.52. The lowest BCUT2D eigenvalue weighted by molar-refractivity contribution is 0.281. The Hall–Kier alpha value is -2.13. The lowest BCUT2D eigenvalue weighted by Crippen LogP contribution is -2.02. The second kappa shape index (κ2) is 5.47. The first-order chi connectivity index (χ1) is 9.79. The van der Waals surface area contributed by atoms with Gasteiger partial charge in [-0.25, -0.2) is 4.98 Å². The first-order valence-corrected chi connectivity index (χ1v) is 6.93. The molecule has 0 saturated heterocycles. The first kappa shape index (κ1) is 12.9. The Morgan fingerprint density at radius 2 is 1.95 bits per heavy atom. The number of rotatable bonds is 4. The van der Waals surface area contributed by atoms with Crippen LogP contribution >= 0.6 is 0 Å². The van der Waals surface area contributed by atoms with Crippen LogP contribution < -0.4 is 0 Å². The maximum Gasteiger partial charge on any atom is 0.141 e. The highest BCUT2D eigenvalue weighted by Gasteiger charge is 2.11. The van der Waals surface area contributed by atoms with Crippen molar-refractivity contribution in [2.75, 3.05) is 6.61 Å². The molecule has 1 aromatic heterocycles. The Balaban J connectivity index is 2.18. The summed E-state index contributed by atoms with van der Waals surface area (Å²) in [6.07, 6.45) is 0.735. The predicted octanol–water partition coefficient (Wildman–Crippen LogP) is 3.39. The van der Waals surface area contributed by atoms with Crippen molar-refractivity contribution in [2.24, 2.45) is 0 Å². The zero-order valence-electron chi connectivity index (χ0n) is 11.6. The molecule has 0 saturated carbocycles. The topological polar surface area (TPSA) is 38.0 Å². The van der Waals surface area contributed by atoms with Gasteiger partial charge in [0.25, 0.3) is 0 Å². The molecule has 0 bridgehead atoms.